The lowest BCUT2D eigenvalue weighted by Gasteiger charge is -2.36. The van der Waals surface area contributed by atoms with Crippen molar-refractivity contribution >= 4 is 28.9 Å². The summed E-state index contributed by atoms with van der Waals surface area (Å²) in [6, 6.07) is 5.13. The van der Waals surface area contributed by atoms with E-state index in [2.05, 4.69) is 11.6 Å². The summed E-state index contributed by atoms with van der Waals surface area (Å²) in [5, 5.41) is 11.4. The number of carboxylic acid groups (broad SMARTS) is 1. The normalized spacial score (nSPS) is 18.6. The Morgan fingerprint density at radius 2 is 2.26 bits per heavy atom. The Balaban J connectivity index is 2.11. The van der Waals surface area contributed by atoms with E-state index < -0.39 is 23.8 Å². The van der Waals surface area contributed by atoms with E-state index in [1.54, 1.807) is 29.4 Å². The van der Waals surface area contributed by atoms with Crippen molar-refractivity contribution in [3.05, 3.63) is 70.7 Å². The molecule has 0 fully saturated rings. The van der Waals surface area contributed by atoms with Gasteiger partial charge in [-0.25, -0.2) is 14.2 Å². The first-order chi connectivity index (χ1) is 12.9. The molecule has 6 nitrogen and oxygen atoms in total. The van der Waals surface area contributed by atoms with Crippen LogP contribution in [0.3, 0.4) is 0 Å². The van der Waals surface area contributed by atoms with Crippen LogP contribution in [-0.2, 0) is 14.3 Å². The first kappa shape index (κ1) is 18.9. The molecule has 0 bridgehead atoms. The molecule has 27 heavy (non-hydrogen) atoms. The van der Waals surface area contributed by atoms with Gasteiger partial charge in [0.25, 0.3) is 0 Å². The number of aliphatic carboxylic acids is 1. The van der Waals surface area contributed by atoms with Crippen LogP contribution in [0.25, 0.3) is 0 Å². The molecule has 1 aromatic carbocycles. The number of halogens is 1. The second kappa shape index (κ2) is 7.79. The highest BCUT2D eigenvalue weighted by atomic mass is 32.2. The van der Waals surface area contributed by atoms with Gasteiger partial charge in [-0.15, -0.1) is 0 Å². The lowest BCUT2D eigenvalue weighted by atomic mass is 9.94. The molecule has 140 valence electrons. The van der Waals surface area contributed by atoms with Gasteiger partial charge >= 0.3 is 11.9 Å². The summed E-state index contributed by atoms with van der Waals surface area (Å²) in [5.74, 6) is -2.07. The van der Waals surface area contributed by atoms with E-state index in [0.717, 1.165) is 0 Å². The highest BCUT2D eigenvalue weighted by Gasteiger charge is 2.41. The van der Waals surface area contributed by atoms with Crippen molar-refractivity contribution < 1.29 is 23.8 Å². The Hall–Kier alpha value is -2.87. The average Bonchev–Trinajstić information content (AvgIpc) is 3.00. The van der Waals surface area contributed by atoms with Crippen molar-refractivity contribution in [3.63, 3.8) is 0 Å². The standard InChI is InChI=1S/C19H17FN2O4S/c1-3-7-26-18(25)16-11(2)21-19-22(14(10-27-19)9-15(23)24)17(16)12-5-4-6-13(20)8-12/h3-6,8,10,17H,1,7,9H2,2H3,(H,23,24). The van der Waals surface area contributed by atoms with Gasteiger partial charge in [0.1, 0.15) is 12.4 Å². The van der Waals surface area contributed by atoms with Gasteiger partial charge in [-0.1, -0.05) is 36.5 Å². The van der Waals surface area contributed by atoms with E-state index >= 15 is 0 Å². The summed E-state index contributed by atoms with van der Waals surface area (Å²) < 4.78 is 19.1. The number of thioether (sulfide) groups is 1. The molecule has 0 radical (unpaired) electrons. The third-order valence-electron chi connectivity index (χ3n) is 4.05. The number of ether oxygens (including phenoxy) is 1. The summed E-state index contributed by atoms with van der Waals surface area (Å²) in [6.45, 7) is 5.22. The lowest BCUT2D eigenvalue weighted by molar-refractivity contribution is -0.138. The topological polar surface area (TPSA) is 79.2 Å². The minimum atomic E-state index is -1.01. The molecule has 0 spiro atoms. The van der Waals surface area contributed by atoms with Crippen LogP contribution in [0.15, 0.2) is 64.3 Å². The molecule has 2 heterocycles. The predicted molar refractivity (Wildman–Crippen MR) is 100 cm³/mol. The number of nitrogens with zero attached hydrogens (tertiary/aromatic N) is 2. The maximum Gasteiger partial charge on any atom is 0.338 e. The summed E-state index contributed by atoms with van der Waals surface area (Å²) in [7, 11) is 0. The third-order valence-corrected chi connectivity index (χ3v) is 4.94. The Kier molecular flexibility index (Phi) is 5.46. The van der Waals surface area contributed by atoms with Crippen LogP contribution in [0, 0.1) is 5.82 Å². The largest absolute Gasteiger partial charge is 0.481 e. The third kappa shape index (κ3) is 3.80. The van der Waals surface area contributed by atoms with Crippen LogP contribution in [0.5, 0.6) is 0 Å². The van der Waals surface area contributed by atoms with Gasteiger partial charge < -0.3 is 14.7 Å². The molecule has 2 aliphatic rings. The summed E-state index contributed by atoms with van der Waals surface area (Å²) in [5.41, 5.74) is 1.67. The van der Waals surface area contributed by atoms with Crippen molar-refractivity contribution in [1.29, 1.82) is 0 Å². The predicted octanol–water partition coefficient (Wildman–Crippen LogP) is 3.60. The van der Waals surface area contributed by atoms with Gasteiger partial charge in [0.05, 0.1) is 23.7 Å². The zero-order chi connectivity index (χ0) is 19.6. The van der Waals surface area contributed by atoms with Crippen molar-refractivity contribution in [2.45, 2.75) is 19.4 Å². The van der Waals surface area contributed by atoms with E-state index in [4.69, 9.17) is 4.74 Å². The first-order valence-corrected chi connectivity index (χ1v) is 9.00. The number of carbonyl (C=O) groups excluding carboxylic acids is 1. The number of hydrogen-bond acceptors (Lipinski definition) is 6. The molecule has 1 N–H and O–H groups in total. The number of fused-ring (bicyclic) bond motifs is 1. The molecule has 0 saturated heterocycles. The number of aliphatic imine (C=N–C) groups is 1. The quantitative estimate of drug-likeness (QED) is 0.593. The number of rotatable bonds is 6. The molecule has 1 atom stereocenters. The van der Waals surface area contributed by atoms with Gasteiger partial charge in [0, 0.05) is 5.70 Å². The van der Waals surface area contributed by atoms with Crippen LogP contribution in [-0.4, -0.2) is 33.7 Å². The minimum absolute atomic E-state index is 0.0224. The molecule has 0 amide bonds. The molecule has 0 aliphatic carbocycles. The van der Waals surface area contributed by atoms with Crippen LogP contribution >= 0.6 is 11.8 Å². The smallest absolute Gasteiger partial charge is 0.338 e. The fourth-order valence-electron chi connectivity index (χ4n) is 2.99. The second-order valence-corrected chi connectivity index (χ2v) is 6.74. The zero-order valence-corrected chi connectivity index (χ0v) is 15.3. The number of allylic oxidation sites excluding steroid dienone is 1. The Morgan fingerprint density at radius 3 is 2.93 bits per heavy atom. The van der Waals surface area contributed by atoms with E-state index in [9.17, 15) is 19.1 Å². The average molecular weight is 388 g/mol. The molecule has 1 aromatic rings. The minimum Gasteiger partial charge on any atom is -0.481 e. The van der Waals surface area contributed by atoms with Crippen molar-refractivity contribution in [2.75, 3.05) is 6.61 Å². The Bertz CT molecular complexity index is 907. The number of carbonyl (C=O) groups is 2. The van der Waals surface area contributed by atoms with Crippen molar-refractivity contribution in [3.8, 4) is 0 Å². The lowest BCUT2D eigenvalue weighted by Crippen LogP contribution is -2.37. The molecule has 0 aromatic heterocycles. The molecular formula is C19H17FN2O4S. The molecule has 2 aliphatic heterocycles. The van der Waals surface area contributed by atoms with Gasteiger partial charge in [-0.3, -0.25) is 4.79 Å². The number of amidine groups is 1. The van der Waals surface area contributed by atoms with E-state index in [-0.39, 0.29) is 18.6 Å². The summed E-state index contributed by atoms with van der Waals surface area (Å²) >= 11 is 1.27. The SMILES string of the molecule is C=CCOC(=O)C1=C(C)N=C2SC=C(CC(=O)O)N2C1c1cccc(F)c1. The number of hydrogen-bond donors (Lipinski definition) is 1. The number of esters is 1. The summed E-state index contributed by atoms with van der Waals surface area (Å²) in [4.78, 5) is 30.0. The van der Waals surface area contributed by atoms with E-state index in [1.807, 2.05) is 0 Å². The van der Waals surface area contributed by atoms with Gasteiger partial charge in [0.2, 0.25) is 0 Å². The number of benzene rings is 1. The van der Waals surface area contributed by atoms with Gasteiger partial charge in [-0.2, -0.15) is 0 Å². The second-order valence-electron chi connectivity index (χ2n) is 5.91. The van der Waals surface area contributed by atoms with Crippen LogP contribution in [0.1, 0.15) is 24.9 Å². The maximum atomic E-state index is 13.9. The molecule has 8 heteroatoms. The van der Waals surface area contributed by atoms with Gasteiger partial charge in [0.15, 0.2) is 5.17 Å². The zero-order valence-electron chi connectivity index (χ0n) is 14.5. The highest BCUT2D eigenvalue weighted by Crippen LogP contribution is 2.44. The van der Waals surface area contributed by atoms with E-state index in [0.29, 0.717) is 22.1 Å². The van der Waals surface area contributed by atoms with Crippen LogP contribution in [0.2, 0.25) is 0 Å². The molecule has 1 unspecified atom stereocenters. The monoisotopic (exact) mass is 388 g/mol. The van der Waals surface area contributed by atoms with Crippen LogP contribution < -0.4 is 0 Å². The first-order valence-electron chi connectivity index (χ1n) is 8.12. The van der Waals surface area contributed by atoms with Crippen molar-refractivity contribution in [2.24, 2.45) is 4.99 Å². The molecule has 0 saturated carbocycles. The Labute approximate surface area is 159 Å². The van der Waals surface area contributed by atoms with Crippen molar-refractivity contribution in [1.82, 2.24) is 4.90 Å². The van der Waals surface area contributed by atoms with Gasteiger partial charge in [-0.05, 0) is 30.0 Å². The molecule has 3 rings (SSSR count). The Morgan fingerprint density at radius 1 is 1.48 bits per heavy atom. The highest BCUT2D eigenvalue weighted by molar-refractivity contribution is 8.16. The maximum absolute atomic E-state index is 13.9. The van der Waals surface area contributed by atoms with Crippen LogP contribution in [0.4, 0.5) is 4.39 Å². The summed E-state index contributed by atoms with van der Waals surface area (Å²) in [6.07, 6.45) is 1.20. The van der Waals surface area contributed by atoms with E-state index in [1.165, 1.54) is 30.0 Å². The number of carboxylic acids is 1. The fraction of sp³-hybridized carbons (Fsp3) is 0.211. The fourth-order valence-corrected chi connectivity index (χ4v) is 3.95. The molecular weight excluding hydrogens is 371 g/mol.